The monoisotopic (exact) mass is 349 g/mol. The van der Waals surface area contributed by atoms with E-state index in [0.29, 0.717) is 0 Å². The lowest BCUT2D eigenvalue weighted by Crippen LogP contribution is -2.32. The standard InChI is InChI=1S/C19H23N7/c1-12-13(2)22-14(3)23-19(12)26-8-6-17-15(11-26)9-16(10-20-17)24-18-5-7-21-25(18)4/h5,7,9-10,24H,6,8,11H2,1-4H3. The van der Waals surface area contributed by atoms with Crippen molar-refractivity contribution in [2.75, 3.05) is 16.8 Å². The predicted octanol–water partition coefficient (Wildman–Crippen LogP) is 2.84. The van der Waals surface area contributed by atoms with Crippen molar-refractivity contribution in [3.8, 4) is 0 Å². The highest BCUT2D eigenvalue weighted by Crippen LogP contribution is 2.27. The summed E-state index contributed by atoms with van der Waals surface area (Å²) in [5, 5.41) is 7.57. The van der Waals surface area contributed by atoms with Crippen molar-refractivity contribution >= 4 is 17.3 Å². The fraction of sp³-hybridized carbons (Fsp3) is 0.368. The van der Waals surface area contributed by atoms with Gasteiger partial charge < -0.3 is 10.2 Å². The zero-order chi connectivity index (χ0) is 18.3. The number of hydrogen-bond acceptors (Lipinski definition) is 6. The Kier molecular flexibility index (Phi) is 4.06. The van der Waals surface area contributed by atoms with Gasteiger partial charge in [-0.15, -0.1) is 0 Å². The van der Waals surface area contributed by atoms with Gasteiger partial charge in [0, 0.05) is 49.6 Å². The number of fused-ring (bicyclic) bond motifs is 1. The summed E-state index contributed by atoms with van der Waals surface area (Å²) >= 11 is 0. The molecule has 0 bridgehead atoms. The maximum Gasteiger partial charge on any atom is 0.135 e. The molecule has 7 nitrogen and oxygen atoms in total. The Morgan fingerprint density at radius 3 is 2.77 bits per heavy atom. The normalized spacial score (nSPS) is 13.6. The molecular weight excluding hydrogens is 326 g/mol. The molecular formula is C19H23N7. The minimum Gasteiger partial charge on any atom is -0.351 e. The van der Waals surface area contributed by atoms with Gasteiger partial charge in [0.25, 0.3) is 0 Å². The zero-order valence-corrected chi connectivity index (χ0v) is 15.6. The highest BCUT2D eigenvalue weighted by molar-refractivity contribution is 5.58. The third kappa shape index (κ3) is 3.00. The third-order valence-electron chi connectivity index (χ3n) is 4.91. The number of nitrogens with zero attached hydrogens (tertiary/aromatic N) is 6. The van der Waals surface area contributed by atoms with Gasteiger partial charge in [0.2, 0.25) is 0 Å². The van der Waals surface area contributed by atoms with E-state index in [1.54, 1.807) is 6.20 Å². The fourth-order valence-electron chi connectivity index (χ4n) is 3.38. The van der Waals surface area contributed by atoms with Crippen LogP contribution in [0.3, 0.4) is 0 Å². The van der Waals surface area contributed by atoms with Gasteiger partial charge >= 0.3 is 0 Å². The van der Waals surface area contributed by atoms with Crippen molar-refractivity contribution in [3.05, 3.63) is 52.9 Å². The van der Waals surface area contributed by atoms with Crippen LogP contribution in [0.4, 0.5) is 17.3 Å². The smallest absolute Gasteiger partial charge is 0.135 e. The Labute approximate surface area is 153 Å². The molecule has 0 radical (unpaired) electrons. The van der Waals surface area contributed by atoms with Crippen molar-refractivity contribution in [1.82, 2.24) is 24.7 Å². The summed E-state index contributed by atoms with van der Waals surface area (Å²) in [4.78, 5) is 16.2. The molecule has 0 aliphatic carbocycles. The summed E-state index contributed by atoms with van der Waals surface area (Å²) in [6, 6.07) is 4.12. The molecule has 1 aliphatic rings. The highest BCUT2D eigenvalue weighted by Gasteiger charge is 2.21. The number of aryl methyl sites for hydroxylation is 3. The molecule has 26 heavy (non-hydrogen) atoms. The molecule has 134 valence electrons. The second-order valence-corrected chi connectivity index (χ2v) is 6.77. The zero-order valence-electron chi connectivity index (χ0n) is 15.6. The van der Waals surface area contributed by atoms with Gasteiger partial charge in [0.15, 0.2) is 0 Å². The van der Waals surface area contributed by atoms with E-state index in [2.05, 4.69) is 38.3 Å². The summed E-state index contributed by atoms with van der Waals surface area (Å²) in [7, 11) is 1.92. The summed E-state index contributed by atoms with van der Waals surface area (Å²) in [5.74, 6) is 2.79. The number of pyridine rings is 1. The molecule has 0 amide bonds. The fourth-order valence-corrected chi connectivity index (χ4v) is 3.38. The molecule has 0 saturated carbocycles. The molecule has 1 N–H and O–H groups in total. The van der Waals surface area contributed by atoms with Crippen LogP contribution in [0.1, 0.15) is 28.3 Å². The van der Waals surface area contributed by atoms with E-state index in [9.17, 15) is 0 Å². The second kappa shape index (κ2) is 6.40. The van der Waals surface area contributed by atoms with Crippen LogP contribution in [-0.2, 0) is 20.0 Å². The summed E-state index contributed by atoms with van der Waals surface area (Å²) in [6.07, 6.45) is 4.59. The van der Waals surface area contributed by atoms with Crippen molar-refractivity contribution in [2.45, 2.75) is 33.7 Å². The highest BCUT2D eigenvalue weighted by atomic mass is 15.3. The molecule has 1 aliphatic heterocycles. The van der Waals surface area contributed by atoms with Gasteiger partial charge in [-0.3, -0.25) is 9.67 Å². The summed E-state index contributed by atoms with van der Waals surface area (Å²) < 4.78 is 1.81. The van der Waals surface area contributed by atoms with E-state index < -0.39 is 0 Å². The third-order valence-corrected chi connectivity index (χ3v) is 4.91. The Hall–Kier alpha value is -2.96. The van der Waals surface area contributed by atoms with Crippen LogP contribution in [0.15, 0.2) is 24.5 Å². The van der Waals surface area contributed by atoms with Gasteiger partial charge in [-0.25, -0.2) is 9.97 Å². The molecule has 0 spiro atoms. The molecule has 0 saturated heterocycles. The van der Waals surface area contributed by atoms with Gasteiger partial charge in [-0.2, -0.15) is 5.10 Å². The molecule has 0 fully saturated rings. The lowest BCUT2D eigenvalue weighted by atomic mass is 10.0. The van der Waals surface area contributed by atoms with E-state index in [1.807, 2.05) is 37.8 Å². The first-order valence-corrected chi connectivity index (χ1v) is 8.81. The minimum atomic E-state index is 0.806. The number of aromatic nitrogens is 5. The van der Waals surface area contributed by atoms with Crippen molar-refractivity contribution in [1.29, 1.82) is 0 Å². The maximum absolute atomic E-state index is 4.69. The van der Waals surface area contributed by atoms with Crippen LogP contribution < -0.4 is 10.2 Å². The molecule has 7 heteroatoms. The van der Waals surface area contributed by atoms with Crippen molar-refractivity contribution < 1.29 is 0 Å². The molecule has 3 aromatic rings. The molecule has 3 aromatic heterocycles. The average molecular weight is 349 g/mol. The van der Waals surface area contributed by atoms with Crippen molar-refractivity contribution in [2.24, 2.45) is 7.05 Å². The lowest BCUT2D eigenvalue weighted by Gasteiger charge is -2.31. The van der Waals surface area contributed by atoms with Crippen molar-refractivity contribution in [3.63, 3.8) is 0 Å². The van der Waals surface area contributed by atoms with E-state index in [4.69, 9.17) is 4.98 Å². The Balaban J connectivity index is 1.62. The Bertz CT molecular complexity index is 961. The topological polar surface area (TPSA) is 71.8 Å². The van der Waals surface area contributed by atoms with E-state index in [1.165, 1.54) is 5.56 Å². The van der Waals surface area contributed by atoms with Gasteiger partial charge in [-0.1, -0.05) is 0 Å². The first-order chi connectivity index (χ1) is 12.5. The quantitative estimate of drug-likeness (QED) is 0.784. The van der Waals surface area contributed by atoms with Gasteiger partial charge in [0.05, 0.1) is 18.1 Å². The van der Waals surface area contributed by atoms with Gasteiger partial charge in [0.1, 0.15) is 17.5 Å². The average Bonchev–Trinajstić information content (AvgIpc) is 3.02. The van der Waals surface area contributed by atoms with Crippen LogP contribution >= 0.6 is 0 Å². The van der Waals surface area contributed by atoms with Crippen LogP contribution in [0.5, 0.6) is 0 Å². The maximum atomic E-state index is 4.69. The number of nitrogens with one attached hydrogen (secondary N) is 1. The number of hydrogen-bond donors (Lipinski definition) is 1. The molecule has 0 atom stereocenters. The largest absolute Gasteiger partial charge is 0.351 e. The SMILES string of the molecule is Cc1nc(C)c(C)c(N2CCc3ncc(Nc4ccnn4C)cc3C2)n1. The van der Waals surface area contributed by atoms with Crippen LogP contribution in [0.2, 0.25) is 0 Å². The molecule has 4 rings (SSSR count). The predicted molar refractivity (Wildman–Crippen MR) is 102 cm³/mol. The lowest BCUT2D eigenvalue weighted by molar-refractivity contribution is 0.695. The molecule has 0 unspecified atom stereocenters. The first-order valence-electron chi connectivity index (χ1n) is 8.81. The Morgan fingerprint density at radius 1 is 1.15 bits per heavy atom. The molecule has 0 aromatic carbocycles. The van der Waals surface area contributed by atoms with Crippen LogP contribution in [-0.4, -0.2) is 31.3 Å². The number of anilines is 3. The summed E-state index contributed by atoms with van der Waals surface area (Å²) in [5.41, 5.74) is 5.56. The minimum absolute atomic E-state index is 0.806. The summed E-state index contributed by atoms with van der Waals surface area (Å²) in [6.45, 7) is 7.82. The van der Waals surface area contributed by atoms with Gasteiger partial charge in [-0.05, 0) is 32.4 Å². The Morgan fingerprint density at radius 2 is 2.00 bits per heavy atom. The van der Waals surface area contributed by atoms with E-state index in [0.717, 1.165) is 59.6 Å². The van der Waals surface area contributed by atoms with Crippen LogP contribution in [0.25, 0.3) is 0 Å². The second-order valence-electron chi connectivity index (χ2n) is 6.77. The van der Waals surface area contributed by atoms with Crippen LogP contribution in [0, 0.1) is 20.8 Å². The van der Waals surface area contributed by atoms with E-state index in [-0.39, 0.29) is 0 Å². The number of rotatable bonds is 3. The first kappa shape index (κ1) is 16.5. The molecule has 4 heterocycles. The van der Waals surface area contributed by atoms with E-state index >= 15 is 0 Å².